The summed E-state index contributed by atoms with van der Waals surface area (Å²) in [4.78, 5) is 0. The van der Waals surface area contributed by atoms with E-state index in [1.165, 1.54) is 0 Å². The van der Waals surface area contributed by atoms with Crippen LogP contribution in [0.5, 0.6) is 5.75 Å². The Kier molecular flexibility index (Phi) is 2.93. The van der Waals surface area contributed by atoms with Crippen molar-refractivity contribution >= 4 is 23.2 Å². The molecule has 0 aliphatic heterocycles. The molecule has 0 spiro atoms. The highest BCUT2D eigenvalue weighted by atomic mass is 35.5. The number of alkyl halides is 3. The fourth-order valence-corrected chi connectivity index (χ4v) is 1.06. The van der Waals surface area contributed by atoms with Gasteiger partial charge in [0.1, 0.15) is 0 Å². The normalized spacial score (nSPS) is 11.5. The zero-order chi connectivity index (χ0) is 10.1. The number of hydrogen-bond donors (Lipinski definition) is 0. The summed E-state index contributed by atoms with van der Waals surface area (Å²) in [6.07, 6.45) is -4.77. The quantitative estimate of drug-likeness (QED) is 0.714. The van der Waals surface area contributed by atoms with E-state index in [9.17, 15) is 13.2 Å². The topological polar surface area (TPSA) is 9.23 Å². The van der Waals surface area contributed by atoms with E-state index in [-0.39, 0.29) is 10.0 Å². The molecule has 0 saturated heterocycles. The van der Waals surface area contributed by atoms with Gasteiger partial charge in [0.05, 0.1) is 5.02 Å². The molecule has 0 aliphatic carbocycles. The number of ether oxygens (including phenoxy) is 1. The molecule has 13 heavy (non-hydrogen) atoms. The third kappa shape index (κ3) is 3.32. The van der Waals surface area contributed by atoms with Gasteiger partial charge in [-0.05, 0) is 12.1 Å². The lowest BCUT2D eigenvalue weighted by atomic mass is 10.3. The fraction of sp³-hybridized carbons (Fsp3) is 0.143. The molecule has 0 fully saturated rings. The van der Waals surface area contributed by atoms with Crippen molar-refractivity contribution in [2.75, 3.05) is 0 Å². The second kappa shape index (κ2) is 3.64. The van der Waals surface area contributed by atoms with Gasteiger partial charge in [0.2, 0.25) is 0 Å². The fourth-order valence-electron chi connectivity index (χ4n) is 0.626. The molecule has 0 saturated carbocycles. The van der Waals surface area contributed by atoms with Crippen molar-refractivity contribution in [1.29, 1.82) is 0 Å². The van der Waals surface area contributed by atoms with Crippen LogP contribution in [0.2, 0.25) is 10.0 Å². The standard InChI is InChI=1S/C7H2Cl2F3O/c8-4-1-2-6(5(9)3-4)13-7(10,11)12/h1,3H. The monoisotopic (exact) mass is 229 g/mol. The molecule has 6 heteroatoms. The van der Waals surface area contributed by atoms with Gasteiger partial charge in [-0.2, -0.15) is 0 Å². The highest BCUT2D eigenvalue weighted by Gasteiger charge is 2.32. The molecule has 0 bridgehead atoms. The first kappa shape index (κ1) is 10.5. The summed E-state index contributed by atoms with van der Waals surface area (Å²) in [6, 6.07) is 4.43. The Morgan fingerprint density at radius 2 is 1.92 bits per heavy atom. The largest absolute Gasteiger partial charge is 0.573 e. The number of rotatable bonds is 1. The molecule has 1 aromatic rings. The molecular formula is C7H2Cl2F3O. The van der Waals surface area contributed by atoms with Crippen LogP contribution in [0.25, 0.3) is 0 Å². The van der Waals surface area contributed by atoms with Gasteiger partial charge in [0.15, 0.2) is 5.75 Å². The smallest absolute Gasteiger partial charge is 0.404 e. The summed E-state index contributed by atoms with van der Waals surface area (Å²) in [5.41, 5.74) is 0. The Morgan fingerprint density at radius 1 is 1.31 bits per heavy atom. The van der Waals surface area contributed by atoms with Crippen LogP contribution in [0.4, 0.5) is 13.2 Å². The van der Waals surface area contributed by atoms with Crippen LogP contribution in [-0.2, 0) is 0 Å². The molecular weight excluding hydrogens is 228 g/mol. The van der Waals surface area contributed by atoms with Crippen LogP contribution >= 0.6 is 23.2 Å². The van der Waals surface area contributed by atoms with Crippen molar-refractivity contribution in [2.45, 2.75) is 6.36 Å². The lowest BCUT2D eigenvalue weighted by molar-refractivity contribution is -0.274. The van der Waals surface area contributed by atoms with Crippen LogP contribution in [0.15, 0.2) is 12.1 Å². The minimum Gasteiger partial charge on any atom is -0.404 e. The second-order valence-electron chi connectivity index (χ2n) is 2.04. The SMILES string of the molecule is FC(F)(F)Oc1[c]cc(Cl)cc1Cl. The van der Waals surface area contributed by atoms with Crippen LogP contribution in [0.1, 0.15) is 0 Å². The molecule has 0 heterocycles. The van der Waals surface area contributed by atoms with E-state index in [0.29, 0.717) is 0 Å². The Labute approximate surface area is 82.0 Å². The summed E-state index contributed by atoms with van der Waals surface area (Å²) >= 11 is 10.8. The van der Waals surface area contributed by atoms with Gasteiger partial charge in [0, 0.05) is 11.1 Å². The first-order valence-electron chi connectivity index (χ1n) is 3.01. The maximum atomic E-state index is 11.7. The van der Waals surface area contributed by atoms with Gasteiger partial charge in [-0.25, -0.2) is 0 Å². The van der Waals surface area contributed by atoms with Crippen molar-refractivity contribution in [2.24, 2.45) is 0 Å². The molecule has 0 amide bonds. The third-order valence-corrected chi connectivity index (χ3v) is 1.54. The van der Waals surface area contributed by atoms with E-state index in [2.05, 4.69) is 10.8 Å². The molecule has 1 radical (unpaired) electrons. The Balaban J connectivity index is 2.90. The predicted octanol–water partition coefficient (Wildman–Crippen LogP) is 3.69. The average Bonchev–Trinajstić information content (AvgIpc) is 1.93. The summed E-state index contributed by atoms with van der Waals surface area (Å²) in [5, 5.41) is -0.0376. The van der Waals surface area contributed by atoms with Gasteiger partial charge >= 0.3 is 6.36 Å². The zero-order valence-electron chi connectivity index (χ0n) is 5.95. The summed E-state index contributed by atoms with van der Waals surface area (Å²) < 4.78 is 38.6. The molecule has 0 unspecified atom stereocenters. The van der Waals surface area contributed by atoms with Gasteiger partial charge in [-0.3, -0.25) is 0 Å². The van der Waals surface area contributed by atoms with Crippen LogP contribution < -0.4 is 4.74 Å². The van der Waals surface area contributed by atoms with Crippen molar-refractivity contribution in [3.63, 3.8) is 0 Å². The van der Waals surface area contributed by atoms with E-state index >= 15 is 0 Å². The van der Waals surface area contributed by atoms with Crippen LogP contribution in [-0.4, -0.2) is 6.36 Å². The predicted molar refractivity (Wildman–Crippen MR) is 42.0 cm³/mol. The first-order chi connectivity index (χ1) is 5.88. The Bertz CT molecular complexity index is 311. The van der Waals surface area contributed by atoms with Crippen molar-refractivity contribution < 1.29 is 17.9 Å². The summed E-state index contributed by atoms with van der Waals surface area (Å²) in [6.45, 7) is 0. The summed E-state index contributed by atoms with van der Waals surface area (Å²) in [5.74, 6) is -0.585. The van der Waals surface area contributed by atoms with Gasteiger partial charge in [0.25, 0.3) is 0 Å². The number of benzene rings is 1. The molecule has 1 aromatic carbocycles. The van der Waals surface area contributed by atoms with E-state index < -0.39 is 12.1 Å². The summed E-state index contributed by atoms with van der Waals surface area (Å²) in [7, 11) is 0. The third-order valence-electron chi connectivity index (χ3n) is 1.04. The molecule has 0 aliphatic rings. The molecule has 0 N–H and O–H groups in total. The Hall–Kier alpha value is -0.610. The molecule has 71 valence electrons. The van der Waals surface area contributed by atoms with E-state index in [1.54, 1.807) is 0 Å². The maximum absolute atomic E-state index is 11.7. The second-order valence-corrected chi connectivity index (χ2v) is 2.89. The average molecular weight is 230 g/mol. The lowest BCUT2D eigenvalue weighted by Crippen LogP contribution is -2.17. The van der Waals surface area contributed by atoms with Gasteiger partial charge in [-0.15, -0.1) is 13.2 Å². The van der Waals surface area contributed by atoms with Crippen LogP contribution in [0, 0.1) is 6.07 Å². The van der Waals surface area contributed by atoms with E-state index in [0.717, 1.165) is 12.1 Å². The van der Waals surface area contributed by atoms with Crippen molar-refractivity contribution in [3.05, 3.63) is 28.2 Å². The van der Waals surface area contributed by atoms with Crippen LogP contribution in [0.3, 0.4) is 0 Å². The van der Waals surface area contributed by atoms with Gasteiger partial charge in [-0.1, -0.05) is 23.2 Å². The Morgan fingerprint density at radius 3 is 2.38 bits per heavy atom. The molecule has 0 atom stereocenters. The van der Waals surface area contributed by atoms with E-state index in [4.69, 9.17) is 23.2 Å². The van der Waals surface area contributed by atoms with Crippen molar-refractivity contribution in [1.82, 2.24) is 0 Å². The van der Waals surface area contributed by atoms with E-state index in [1.807, 2.05) is 0 Å². The van der Waals surface area contributed by atoms with Crippen molar-refractivity contribution in [3.8, 4) is 5.75 Å². The highest BCUT2D eigenvalue weighted by molar-refractivity contribution is 6.35. The molecule has 0 aromatic heterocycles. The maximum Gasteiger partial charge on any atom is 0.573 e. The number of hydrogen-bond acceptors (Lipinski definition) is 1. The molecule has 1 nitrogen and oxygen atoms in total. The minimum absolute atomic E-state index is 0.194. The lowest BCUT2D eigenvalue weighted by Gasteiger charge is -2.09. The van der Waals surface area contributed by atoms with Gasteiger partial charge < -0.3 is 4.74 Å². The molecule has 1 rings (SSSR count). The number of halogens is 5. The highest BCUT2D eigenvalue weighted by Crippen LogP contribution is 2.31. The zero-order valence-corrected chi connectivity index (χ0v) is 7.46. The minimum atomic E-state index is -4.77. The first-order valence-corrected chi connectivity index (χ1v) is 3.76.